The van der Waals surface area contributed by atoms with Gasteiger partial charge in [0.1, 0.15) is 0 Å². The molecule has 0 aliphatic carbocycles. The van der Waals surface area contributed by atoms with Crippen LogP contribution in [0.15, 0.2) is 18.2 Å². The van der Waals surface area contributed by atoms with Gasteiger partial charge in [-0.05, 0) is 70.8 Å². The molecular weight excluding hydrogens is 352 g/mol. The number of sulfonamides is 1. The molecule has 2 N–H and O–H groups in total. The maximum absolute atomic E-state index is 11.9. The second-order valence-electron chi connectivity index (χ2n) is 7.26. The minimum atomic E-state index is -3.23. The van der Waals surface area contributed by atoms with Gasteiger partial charge in [-0.15, -0.1) is 0 Å². The van der Waals surface area contributed by atoms with Crippen molar-refractivity contribution in [2.24, 2.45) is 0 Å². The van der Waals surface area contributed by atoms with Crippen molar-refractivity contribution in [2.45, 2.75) is 51.2 Å². The van der Waals surface area contributed by atoms with E-state index in [1.54, 1.807) is 35.0 Å². The summed E-state index contributed by atoms with van der Waals surface area (Å²) >= 11 is 0. The summed E-state index contributed by atoms with van der Waals surface area (Å²) in [5.41, 5.74) is 1.20. The van der Waals surface area contributed by atoms with Crippen LogP contribution in [0.5, 0.6) is 11.5 Å². The third kappa shape index (κ3) is 7.51. The first kappa shape index (κ1) is 22.7. The normalized spacial score (nSPS) is 12.2. The number of nitrogens with one attached hydrogen (secondary N) is 2. The summed E-state index contributed by atoms with van der Waals surface area (Å²) in [6.45, 7) is 7.45. The van der Waals surface area contributed by atoms with Gasteiger partial charge in [-0.3, -0.25) is 0 Å². The van der Waals surface area contributed by atoms with E-state index in [0.717, 1.165) is 50.3 Å². The summed E-state index contributed by atoms with van der Waals surface area (Å²) in [5, 5.41) is 3.42. The fraction of sp³-hybridized carbons (Fsp3) is 0.684. The number of rotatable bonds is 12. The first-order chi connectivity index (χ1) is 12.2. The van der Waals surface area contributed by atoms with Crippen molar-refractivity contribution in [2.75, 3.05) is 33.9 Å². The Morgan fingerprint density at radius 1 is 0.923 bits per heavy atom. The molecule has 0 aromatic heterocycles. The lowest BCUT2D eigenvalue weighted by atomic mass is 10.1. The van der Waals surface area contributed by atoms with E-state index in [1.165, 1.54) is 5.56 Å². The van der Waals surface area contributed by atoms with Gasteiger partial charge in [0.25, 0.3) is 0 Å². The first-order valence-electron chi connectivity index (χ1n) is 9.12. The number of ether oxygens (including phenoxy) is 2. The van der Waals surface area contributed by atoms with Crippen LogP contribution in [0.3, 0.4) is 0 Å². The maximum Gasteiger partial charge on any atom is 0.216 e. The molecule has 0 atom stereocenters. The van der Waals surface area contributed by atoms with Gasteiger partial charge < -0.3 is 14.8 Å². The van der Waals surface area contributed by atoms with Gasteiger partial charge in [0, 0.05) is 6.54 Å². The van der Waals surface area contributed by atoms with Gasteiger partial charge in [-0.2, -0.15) is 0 Å². The van der Waals surface area contributed by atoms with Crippen LogP contribution < -0.4 is 19.5 Å². The lowest BCUT2D eigenvalue weighted by molar-refractivity contribution is 0.354. The number of hydrogen-bond donors (Lipinski definition) is 2. The monoisotopic (exact) mass is 386 g/mol. The van der Waals surface area contributed by atoms with Gasteiger partial charge in [-0.1, -0.05) is 12.5 Å². The predicted octanol–water partition coefficient (Wildman–Crippen LogP) is 2.72. The van der Waals surface area contributed by atoms with E-state index in [0.29, 0.717) is 6.54 Å². The molecule has 0 aliphatic heterocycles. The number of methoxy groups -OCH3 is 2. The molecule has 0 saturated heterocycles. The highest BCUT2D eigenvalue weighted by molar-refractivity contribution is 7.90. The van der Waals surface area contributed by atoms with Crippen molar-refractivity contribution in [1.29, 1.82) is 0 Å². The van der Waals surface area contributed by atoms with E-state index in [9.17, 15) is 8.42 Å². The first-order valence-corrected chi connectivity index (χ1v) is 10.6. The molecule has 7 heteroatoms. The molecule has 0 saturated carbocycles. The molecule has 150 valence electrons. The van der Waals surface area contributed by atoms with Gasteiger partial charge in [0.15, 0.2) is 11.5 Å². The molecule has 6 nitrogen and oxygen atoms in total. The topological polar surface area (TPSA) is 76.7 Å². The lowest BCUT2D eigenvalue weighted by Crippen LogP contribution is -2.39. The molecule has 0 bridgehead atoms. The van der Waals surface area contributed by atoms with Crippen LogP contribution in [-0.4, -0.2) is 47.0 Å². The minimum absolute atomic E-state index is 0.505. The van der Waals surface area contributed by atoms with Crippen LogP contribution in [0.25, 0.3) is 0 Å². The Morgan fingerprint density at radius 3 is 2.19 bits per heavy atom. The van der Waals surface area contributed by atoms with E-state index in [-0.39, 0.29) is 0 Å². The molecule has 1 aromatic rings. The molecule has 0 heterocycles. The smallest absolute Gasteiger partial charge is 0.216 e. The molecule has 1 rings (SSSR count). The van der Waals surface area contributed by atoms with E-state index in [4.69, 9.17) is 9.47 Å². The quantitative estimate of drug-likeness (QED) is 0.540. The molecule has 0 spiro atoms. The van der Waals surface area contributed by atoms with Gasteiger partial charge in [0.05, 0.1) is 19.0 Å². The van der Waals surface area contributed by atoms with E-state index in [1.807, 2.05) is 18.2 Å². The molecule has 0 amide bonds. The Kier molecular flexibility index (Phi) is 9.39. The largest absolute Gasteiger partial charge is 0.493 e. The van der Waals surface area contributed by atoms with Crippen LogP contribution >= 0.6 is 0 Å². The van der Waals surface area contributed by atoms with Crippen LogP contribution in [0, 0.1) is 0 Å². The Labute approximate surface area is 158 Å². The Morgan fingerprint density at radius 2 is 1.58 bits per heavy atom. The van der Waals surface area contributed by atoms with Crippen LogP contribution in [-0.2, 0) is 16.4 Å². The SMILES string of the molecule is COc1ccc(CCNCCCCCNS(=O)(=O)C(C)(C)C)cc1OC. The maximum atomic E-state index is 11.9. The molecule has 0 fully saturated rings. The zero-order valence-corrected chi connectivity index (χ0v) is 17.5. The Hall–Kier alpha value is -1.31. The highest BCUT2D eigenvalue weighted by atomic mass is 32.2. The van der Waals surface area contributed by atoms with Crippen molar-refractivity contribution >= 4 is 10.0 Å². The Balaban J connectivity index is 2.13. The molecule has 0 aliphatic rings. The van der Waals surface area contributed by atoms with Gasteiger partial charge in [-0.25, -0.2) is 13.1 Å². The number of hydrogen-bond acceptors (Lipinski definition) is 5. The molecule has 26 heavy (non-hydrogen) atoms. The molecule has 0 unspecified atom stereocenters. The zero-order valence-electron chi connectivity index (χ0n) is 16.7. The van der Waals surface area contributed by atoms with Crippen molar-refractivity contribution in [1.82, 2.24) is 10.0 Å². The van der Waals surface area contributed by atoms with Gasteiger partial charge in [0.2, 0.25) is 10.0 Å². The zero-order chi connectivity index (χ0) is 19.6. The minimum Gasteiger partial charge on any atom is -0.493 e. The van der Waals surface area contributed by atoms with Crippen molar-refractivity contribution in [3.63, 3.8) is 0 Å². The van der Waals surface area contributed by atoms with E-state index >= 15 is 0 Å². The average molecular weight is 387 g/mol. The third-order valence-corrected chi connectivity index (χ3v) is 6.36. The fourth-order valence-electron chi connectivity index (χ4n) is 2.37. The highest BCUT2D eigenvalue weighted by Crippen LogP contribution is 2.27. The van der Waals surface area contributed by atoms with Crippen molar-refractivity contribution < 1.29 is 17.9 Å². The predicted molar refractivity (Wildman–Crippen MR) is 107 cm³/mol. The molecule has 0 radical (unpaired) electrons. The summed E-state index contributed by atoms with van der Waals surface area (Å²) in [4.78, 5) is 0. The van der Waals surface area contributed by atoms with Gasteiger partial charge >= 0.3 is 0 Å². The van der Waals surface area contributed by atoms with E-state index < -0.39 is 14.8 Å². The number of unbranched alkanes of at least 4 members (excludes halogenated alkanes) is 2. The second kappa shape index (κ2) is 10.7. The van der Waals surface area contributed by atoms with Crippen molar-refractivity contribution in [3.8, 4) is 11.5 Å². The molecule has 1 aromatic carbocycles. The van der Waals surface area contributed by atoms with Crippen LogP contribution in [0.4, 0.5) is 0 Å². The van der Waals surface area contributed by atoms with E-state index in [2.05, 4.69) is 10.0 Å². The third-order valence-electron chi connectivity index (χ3n) is 4.17. The summed E-state index contributed by atoms with van der Waals surface area (Å²) in [7, 11) is 0.0470. The van der Waals surface area contributed by atoms with Crippen LogP contribution in [0.1, 0.15) is 45.6 Å². The number of benzene rings is 1. The van der Waals surface area contributed by atoms with Crippen molar-refractivity contribution in [3.05, 3.63) is 23.8 Å². The summed E-state index contributed by atoms with van der Waals surface area (Å²) in [6.07, 6.45) is 3.80. The van der Waals surface area contributed by atoms with Crippen LogP contribution in [0.2, 0.25) is 0 Å². The average Bonchev–Trinajstić information content (AvgIpc) is 2.59. The lowest BCUT2D eigenvalue weighted by Gasteiger charge is -2.19. The summed E-state index contributed by atoms with van der Waals surface area (Å²) in [5.74, 6) is 1.49. The Bertz CT molecular complexity index is 639. The summed E-state index contributed by atoms with van der Waals surface area (Å²) < 4.78 is 36.3. The highest BCUT2D eigenvalue weighted by Gasteiger charge is 2.27. The fourth-order valence-corrected chi connectivity index (χ4v) is 3.21. The molecular formula is C19H34N2O4S. The summed E-state index contributed by atoms with van der Waals surface area (Å²) in [6, 6.07) is 5.97. The standard InChI is InChI=1S/C19H34N2O4S/c1-19(2,3)26(22,23)21-13-8-6-7-12-20-14-11-16-9-10-17(24-4)18(15-16)25-5/h9-10,15,20-21H,6-8,11-14H2,1-5H3. The second-order valence-corrected chi connectivity index (χ2v) is 9.78.